The number of aliphatic hydroxyl groups is 1. The molecule has 1 unspecified atom stereocenters. The molecule has 126 valence electrons. The van der Waals surface area contributed by atoms with Crippen molar-refractivity contribution in [1.82, 2.24) is 9.55 Å². The first-order valence-corrected chi connectivity index (χ1v) is 8.18. The molecule has 1 N–H and O–H groups in total. The number of fused-ring (bicyclic) bond motifs is 1. The van der Waals surface area contributed by atoms with Crippen LogP contribution in [0.4, 0.5) is 0 Å². The quantitative estimate of drug-likeness (QED) is 0.721. The SMILES string of the molecule is CCOc1ccccc1OCCn1c(C(C)O)nc2ccccc21. The summed E-state index contributed by atoms with van der Waals surface area (Å²) in [5.41, 5.74) is 1.87. The summed E-state index contributed by atoms with van der Waals surface area (Å²) in [7, 11) is 0. The van der Waals surface area contributed by atoms with E-state index in [0.29, 0.717) is 25.6 Å². The van der Waals surface area contributed by atoms with E-state index >= 15 is 0 Å². The Balaban J connectivity index is 1.78. The lowest BCUT2D eigenvalue weighted by Crippen LogP contribution is -2.13. The first-order chi connectivity index (χ1) is 11.7. The number of para-hydroxylation sites is 4. The van der Waals surface area contributed by atoms with Gasteiger partial charge in [0.15, 0.2) is 11.5 Å². The van der Waals surface area contributed by atoms with Crippen LogP contribution in [0.3, 0.4) is 0 Å². The minimum Gasteiger partial charge on any atom is -0.490 e. The van der Waals surface area contributed by atoms with Crippen molar-refractivity contribution >= 4 is 11.0 Å². The molecule has 0 radical (unpaired) electrons. The van der Waals surface area contributed by atoms with Crippen molar-refractivity contribution in [3.05, 3.63) is 54.4 Å². The Hall–Kier alpha value is -2.53. The maximum atomic E-state index is 9.99. The van der Waals surface area contributed by atoms with Crippen LogP contribution < -0.4 is 9.47 Å². The Kier molecular flexibility index (Phi) is 5.01. The molecule has 1 aromatic heterocycles. The van der Waals surface area contributed by atoms with Gasteiger partial charge < -0.3 is 19.1 Å². The first kappa shape index (κ1) is 16.3. The molecule has 1 atom stereocenters. The van der Waals surface area contributed by atoms with Crippen molar-refractivity contribution in [2.45, 2.75) is 26.5 Å². The van der Waals surface area contributed by atoms with Crippen LogP contribution in [0.15, 0.2) is 48.5 Å². The number of imidazole rings is 1. The molecule has 5 heteroatoms. The zero-order chi connectivity index (χ0) is 16.9. The van der Waals surface area contributed by atoms with Gasteiger partial charge in [-0.2, -0.15) is 0 Å². The van der Waals surface area contributed by atoms with Crippen LogP contribution >= 0.6 is 0 Å². The summed E-state index contributed by atoms with van der Waals surface area (Å²) in [6, 6.07) is 15.5. The van der Waals surface area contributed by atoms with Gasteiger partial charge in [-0.1, -0.05) is 24.3 Å². The second-order valence-electron chi connectivity index (χ2n) is 5.51. The van der Waals surface area contributed by atoms with Gasteiger partial charge in [0.05, 0.1) is 24.2 Å². The highest BCUT2D eigenvalue weighted by Gasteiger charge is 2.14. The zero-order valence-electron chi connectivity index (χ0n) is 14.0. The van der Waals surface area contributed by atoms with Gasteiger partial charge in [0.25, 0.3) is 0 Å². The fourth-order valence-electron chi connectivity index (χ4n) is 2.74. The van der Waals surface area contributed by atoms with Crippen LogP contribution in [0.25, 0.3) is 11.0 Å². The van der Waals surface area contributed by atoms with E-state index in [4.69, 9.17) is 9.47 Å². The van der Waals surface area contributed by atoms with Crippen molar-refractivity contribution in [1.29, 1.82) is 0 Å². The van der Waals surface area contributed by atoms with E-state index in [2.05, 4.69) is 4.98 Å². The molecule has 24 heavy (non-hydrogen) atoms. The van der Waals surface area contributed by atoms with Crippen molar-refractivity contribution in [2.75, 3.05) is 13.2 Å². The predicted molar refractivity (Wildman–Crippen MR) is 93.5 cm³/mol. The number of aliphatic hydroxyl groups excluding tert-OH is 1. The van der Waals surface area contributed by atoms with Gasteiger partial charge in [-0.25, -0.2) is 4.98 Å². The molecule has 3 rings (SSSR count). The molecule has 1 heterocycles. The summed E-state index contributed by atoms with van der Waals surface area (Å²) in [5, 5.41) is 9.99. The standard InChI is InChI=1S/C19H22N2O3/c1-3-23-17-10-6-7-11-18(17)24-13-12-21-16-9-5-4-8-15(16)20-19(21)14(2)22/h4-11,14,22H,3,12-13H2,1-2H3. The average molecular weight is 326 g/mol. The molecule has 0 saturated heterocycles. The molecule has 0 aliphatic rings. The Morgan fingerprint density at radius 3 is 2.42 bits per heavy atom. The van der Waals surface area contributed by atoms with Gasteiger partial charge in [-0.15, -0.1) is 0 Å². The lowest BCUT2D eigenvalue weighted by molar-refractivity contribution is 0.181. The average Bonchev–Trinajstić information content (AvgIpc) is 2.96. The van der Waals surface area contributed by atoms with Crippen LogP contribution in [0.1, 0.15) is 25.8 Å². The zero-order valence-corrected chi connectivity index (χ0v) is 14.0. The Bertz CT molecular complexity index is 811. The first-order valence-electron chi connectivity index (χ1n) is 8.18. The topological polar surface area (TPSA) is 56.5 Å². The van der Waals surface area contributed by atoms with Crippen LogP contribution in [-0.4, -0.2) is 27.9 Å². The summed E-state index contributed by atoms with van der Waals surface area (Å²) in [6.07, 6.45) is -0.631. The summed E-state index contributed by atoms with van der Waals surface area (Å²) >= 11 is 0. The summed E-state index contributed by atoms with van der Waals surface area (Å²) < 4.78 is 13.5. The monoisotopic (exact) mass is 326 g/mol. The number of benzene rings is 2. The fraction of sp³-hybridized carbons (Fsp3) is 0.316. The predicted octanol–water partition coefficient (Wildman–Crippen LogP) is 3.57. The van der Waals surface area contributed by atoms with Gasteiger partial charge in [-0.05, 0) is 38.1 Å². The Labute approximate surface area is 141 Å². The third kappa shape index (κ3) is 3.36. The largest absolute Gasteiger partial charge is 0.490 e. The maximum Gasteiger partial charge on any atom is 0.161 e. The molecular formula is C19H22N2O3. The second-order valence-corrected chi connectivity index (χ2v) is 5.51. The third-order valence-electron chi connectivity index (χ3n) is 3.78. The van der Waals surface area contributed by atoms with E-state index in [1.54, 1.807) is 6.92 Å². The van der Waals surface area contributed by atoms with E-state index in [9.17, 15) is 5.11 Å². The van der Waals surface area contributed by atoms with Gasteiger partial charge in [-0.3, -0.25) is 0 Å². The second kappa shape index (κ2) is 7.36. The molecule has 0 aliphatic carbocycles. The van der Waals surface area contributed by atoms with E-state index in [-0.39, 0.29) is 0 Å². The number of hydrogen-bond acceptors (Lipinski definition) is 4. The lowest BCUT2D eigenvalue weighted by Gasteiger charge is -2.14. The summed E-state index contributed by atoms with van der Waals surface area (Å²) in [4.78, 5) is 4.52. The van der Waals surface area contributed by atoms with Crippen molar-refractivity contribution < 1.29 is 14.6 Å². The molecule has 2 aromatic carbocycles. The van der Waals surface area contributed by atoms with Crippen LogP contribution in [0, 0.1) is 0 Å². The molecule has 0 bridgehead atoms. The number of ether oxygens (including phenoxy) is 2. The van der Waals surface area contributed by atoms with Gasteiger partial charge in [0.1, 0.15) is 18.5 Å². The number of nitrogens with zero attached hydrogens (tertiary/aromatic N) is 2. The van der Waals surface area contributed by atoms with Gasteiger partial charge in [0, 0.05) is 0 Å². The summed E-state index contributed by atoms with van der Waals surface area (Å²) in [6.45, 7) is 5.33. The van der Waals surface area contributed by atoms with Crippen LogP contribution in [-0.2, 0) is 6.54 Å². The molecular weight excluding hydrogens is 304 g/mol. The van der Waals surface area contributed by atoms with Gasteiger partial charge >= 0.3 is 0 Å². The molecule has 3 aromatic rings. The molecule has 5 nitrogen and oxygen atoms in total. The molecule has 0 spiro atoms. The van der Waals surface area contributed by atoms with Crippen molar-refractivity contribution in [3.8, 4) is 11.5 Å². The lowest BCUT2D eigenvalue weighted by atomic mass is 10.3. The van der Waals surface area contributed by atoms with E-state index in [1.807, 2.05) is 60.0 Å². The third-order valence-corrected chi connectivity index (χ3v) is 3.78. The van der Waals surface area contributed by atoms with E-state index < -0.39 is 6.10 Å². The molecule has 0 fully saturated rings. The number of hydrogen-bond donors (Lipinski definition) is 1. The van der Waals surface area contributed by atoms with Crippen LogP contribution in [0.2, 0.25) is 0 Å². The highest BCUT2D eigenvalue weighted by molar-refractivity contribution is 5.76. The van der Waals surface area contributed by atoms with Gasteiger partial charge in [0.2, 0.25) is 0 Å². The molecule has 0 amide bonds. The minimum atomic E-state index is -0.631. The Morgan fingerprint density at radius 2 is 1.71 bits per heavy atom. The van der Waals surface area contributed by atoms with E-state index in [1.165, 1.54) is 0 Å². The normalized spacial score (nSPS) is 12.3. The highest BCUT2D eigenvalue weighted by Crippen LogP contribution is 2.27. The fourth-order valence-corrected chi connectivity index (χ4v) is 2.74. The number of rotatable bonds is 7. The van der Waals surface area contributed by atoms with E-state index in [0.717, 1.165) is 22.5 Å². The smallest absolute Gasteiger partial charge is 0.161 e. The highest BCUT2D eigenvalue weighted by atomic mass is 16.5. The summed E-state index contributed by atoms with van der Waals surface area (Å²) in [5.74, 6) is 2.12. The molecule has 0 aliphatic heterocycles. The van der Waals surface area contributed by atoms with Crippen molar-refractivity contribution in [2.24, 2.45) is 0 Å². The van der Waals surface area contributed by atoms with Crippen molar-refractivity contribution in [3.63, 3.8) is 0 Å². The molecule has 0 saturated carbocycles. The maximum absolute atomic E-state index is 9.99. The minimum absolute atomic E-state index is 0.462. The number of aromatic nitrogens is 2. The van der Waals surface area contributed by atoms with Crippen LogP contribution in [0.5, 0.6) is 11.5 Å². The Morgan fingerprint density at radius 1 is 1.04 bits per heavy atom.